The fourth-order valence-corrected chi connectivity index (χ4v) is 3.73. The van der Waals surface area contributed by atoms with Crippen molar-refractivity contribution < 1.29 is 23.9 Å². The molecule has 8 heteroatoms. The number of hydrogen-bond acceptors (Lipinski definition) is 6. The first-order chi connectivity index (χ1) is 13.2. The first-order valence-corrected chi connectivity index (χ1v) is 10.2. The van der Waals surface area contributed by atoms with Crippen molar-refractivity contribution >= 4 is 35.4 Å². The van der Waals surface area contributed by atoms with Gasteiger partial charge < -0.3 is 19.7 Å². The molecule has 1 atom stereocenters. The van der Waals surface area contributed by atoms with Crippen molar-refractivity contribution in [2.75, 3.05) is 24.6 Å². The fraction of sp³-hybridized carbons (Fsp3) is 0.550. The van der Waals surface area contributed by atoms with Crippen LogP contribution >= 0.6 is 11.8 Å². The SMILES string of the molecule is C[C@H]1CCN(C(=O)COC(=O)CCNC(=O)OC(C)(C)C)c2ccccc2S1. The van der Waals surface area contributed by atoms with Gasteiger partial charge in [0.05, 0.1) is 12.1 Å². The van der Waals surface area contributed by atoms with Gasteiger partial charge in [-0.1, -0.05) is 19.1 Å². The second kappa shape index (κ2) is 9.82. The van der Waals surface area contributed by atoms with Crippen LogP contribution in [-0.2, 0) is 19.1 Å². The van der Waals surface area contributed by atoms with Crippen molar-refractivity contribution in [1.82, 2.24) is 5.32 Å². The largest absolute Gasteiger partial charge is 0.455 e. The Balaban J connectivity index is 1.80. The molecule has 0 radical (unpaired) electrons. The molecule has 1 aromatic carbocycles. The van der Waals surface area contributed by atoms with E-state index >= 15 is 0 Å². The van der Waals surface area contributed by atoms with Crippen LogP contribution in [0.15, 0.2) is 29.2 Å². The summed E-state index contributed by atoms with van der Waals surface area (Å²) < 4.78 is 10.2. The molecule has 0 saturated heterocycles. The summed E-state index contributed by atoms with van der Waals surface area (Å²) in [5.74, 6) is -0.800. The zero-order chi connectivity index (χ0) is 20.7. The molecule has 7 nitrogen and oxygen atoms in total. The number of carbonyl (C=O) groups is 3. The molecule has 2 rings (SSSR count). The molecule has 0 aliphatic carbocycles. The number of hydrogen-bond donors (Lipinski definition) is 1. The van der Waals surface area contributed by atoms with Crippen LogP contribution in [0, 0.1) is 0 Å². The normalized spacial score (nSPS) is 16.6. The highest BCUT2D eigenvalue weighted by atomic mass is 32.2. The molecule has 1 heterocycles. The van der Waals surface area contributed by atoms with Gasteiger partial charge >= 0.3 is 12.1 Å². The monoisotopic (exact) mass is 408 g/mol. The third kappa shape index (κ3) is 7.07. The summed E-state index contributed by atoms with van der Waals surface area (Å²) in [4.78, 5) is 38.8. The van der Waals surface area contributed by atoms with Gasteiger partial charge in [-0.2, -0.15) is 0 Å². The van der Waals surface area contributed by atoms with E-state index in [1.165, 1.54) is 0 Å². The first kappa shape index (κ1) is 22.1. The standard InChI is InChI=1S/C20H28N2O5S/c1-14-10-12-22(15-7-5-6-8-16(15)28-14)17(23)13-26-18(24)9-11-21-19(25)27-20(2,3)4/h5-8,14H,9-13H2,1-4H3,(H,21,25)/t14-/m0/s1. The zero-order valence-corrected chi connectivity index (χ0v) is 17.6. The summed E-state index contributed by atoms with van der Waals surface area (Å²) in [5, 5.41) is 2.89. The van der Waals surface area contributed by atoms with Crippen LogP contribution in [0.3, 0.4) is 0 Å². The molecule has 0 unspecified atom stereocenters. The molecule has 0 saturated carbocycles. The Morgan fingerprint density at radius 1 is 1.25 bits per heavy atom. The highest BCUT2D eigenvalue weighted by molar-refractivity contribution is 8.00. The van der Waals surface area contributed by atoms with Crippen LogP contribution in [0.5, 0.6) is 0 Å². The van der Waals surface area contributed by atoms with Gasteiger partial charge in [-0.3, -0.25) is 9.59 Å². The van der Waals surface area contributed by atoms with Crippen LogP contribution in [0.25, 0.3) is 0 Å². The topological polar surface area (TPSA) is 84.9 Å². The van der Waals surface area contributed by atoms with Crippen molar-refractivity contribution in [3.8, 4) is 0 Å². The van der Waals surface area contributed by atoms with E-state index in [2.05, 4.69) is 12.2 Å². The fourth-order valence-electron chi connectivity index (χ4n) is 2.62. The highest BCUT2D eigenvalue weighted by Crippen LogP contribution is 2.37. The Hall–Kier alpha value is -2.22. The van der Waals surface area contributed by atoms with Crippen LogP contribution in [0.2, 0.25) is 0 Å². The molecule has 0 spiro atoms. The number of amides is 2. The van der Waals surface area contributed by atoms with Crippen LogP contribution in [0.1, 0.15) is 40.5 Å². The van der Waals surface area contributed by atoms with E-state index in [0.29, 0.717) is 11.8 Å². The van der Waals surface area contributed by atoms with E-state index in [4.69, 9.17) is 9.47 Å². The summed E-state index contributed by atoms with van der Waals surface area (Å²) in [5.41, 5.74) is 0.250. The van der Waals surface area contributed by atoms with E-state index in [1.54, 1.807) is 37.4 Å². The summed E-state index contributed by atoms with van der Waals surface area (Å²) in [6.45, 7) is 7.75. The lowest BCUT2D eigenvalue weighted by Crippen LogP contribution is -2.36. The maximum Gasteiger partial charge on any atom is 0.407 e. The molecule has 154 valence electrons. The minimum absolute atomic E-state index is 0.0318. The average molecular weight is 409 g/mol. The van der Waals surface area contributed by atoms with Gasteiger partial charge in [-0.05, 0) is 39.3 Å². The zero-order valence-electron chi connectivity index (χ0n) is 16.8. The highest BCUT2D eigenvalue weighted by Gasteiger charge is 2.24. The molecule has 1 N–H and O–H groups in total. The minimum Gasteiger partial charge on any atom is -0.455 e. The first-order valence-electron chi connectivity index (χ1n) is 9.34. The number of carbonyl (C=O) groups excluding carboxylic acids is 3. The lowest BCUT2D eigenvalue weighted by molar-refractivity contribution is -0.147. The van der Waals surface area contributed by atoms with Crippen LogP contribution in [-0.4, -0.2) is 48.5 Å². The van der Waals surface area contributed by atoms with Crippen molar-refractivity contribution in [1.29, 1.82) is 0 Å². The summed E-state index contributed by atoms with van der Waals surface area (Å²) in [7, 11) is 0. The molecular formula is C20H28N2O5S. The second-order valence-corrected chi connectivity index (χ2v) is 9.05. The predicted molar refractivity (Wildman–Crippen MR) is 109 cm³/mol. The Bertz CT molecular complexity index is 717. The number of rotatable bonds is 5. The van der Waals surface area contributed by atoms with Crippen molar-refractivity contribution in [3.05, 3.63) is 24.3 Å². The smallest absolute Gasteiger partial charge is 0.407 e. The lowest BCUT2D eigenvalue weighted by atomic mass is 10.2. The number of benzene rings is 1. The van der Waals surface area contributed by atoms with Crippen LogP contribution in [0.4, 0.5) is 10.5 Å². The Kier molecular flexibility index (Phi) is 7.74. The molecule has 28 heavy (non-hydrogen) atoms. The van der Waals surface area contributed by atoms with Crippen molar-refractivity contribution in [2.24, 2.45) is 0 Å². The van der Waals surface area contributed by atoms with Gasteiger partial charge in [0.25, 0.3) is 5.91 Å². The number of thioether (sulfide) groups is 1. The number of nitrogens with one attached hydrogen (secondary N) is 1. The lowest BCUT2D eigenvalue weighted by Gasteiger charge is -2.22. The molecule has 1 aliphatic rings. The number of alkyl carbamates (subject to hydrolysis) is 1. The second-order valence-electron chi connectivity index (χ2n) is 7.57. The molecular weight excluding hydrogens is 380 g/mol. The number of esters is 1. The number of para-hydroxylation sites is 1. The van der Waals surface area contributed by atoms with Crippen molar-refractivity contribution in [3.63, 3.8) is 0 Å². The quantitative estimate of drug-likeness (QED) is 0.752. The van der Waals surface area contributed by atoms with Gasteiger partial charge in [-0.15, -0.1) is 11.8 Å². The molecule has 1 aliphatic heterocycles. The molecule has 0 bridgehead atoms. The molecule has 1 aromatic rings. The van der Waals surface area contributed by atoms with E-state index in [0.717, 1.165) is 17.0 Å². The summed E-state index contributed by atoms with van der Waals surface area (Å²) in [6.07, 6.45) is 0.235. The summed E-state index contributed by atoms with van der Waals surface area (Å²) >= 11 is 1.74. The van der Waals surface area contributed by atoms with E-state index in [-0.39, 0.29) is 25.5 Å². The molecule has 2 amide bonds. The number of anilines is 1. The van der Waals surface area contributed by atoms with Crippen LogP contribution < -0.4 is 10.2 Å². The van der Waals surface area contributed by atoms with Gasteiger partial charge in [0, 0.05) is 23.2 Å². The number of ether oxygens (including phenoxy) is 2. The maximum atomic E-state index is 12.6. The third-order valence-electron chi connectivity index (χ3n) is 3.90. The van der Waals surface area contributed by atoms with Gasteiger partial charge in [0.1, 0.15) is 5.60 Å². The molecule has 0 aromatic heterocycles. The average Bonchev–Trinajstić information content (AvgIpc) is 2.76. The summed E-state index contributed by atoms with van der Waals surface area (Å²) in [6, 6.07) is 7.75. The van der Waals surface area contributed by atoms with Gasteiger partial charge in [0.15, 0.2) is 6.61 Å². The maximum absolute atomic E-state index is 12.6. The molecule has 0 fully saturated rings. The predicted octanol–water partition coefficient (Wildman–Crippen LogP) is 3.36. The van der Waals surface area contributed by atoms with E-state index in [1.807, 2.05) is 24.3 Å². The number of fused-ring (bicyclic) bond motifs is 1. The van der Waals surface area contributed by atoms with Crippen molar-refractivity contribution in [2.45, 2.75) is 56.3 Å². The van der Waals surface area contributed by atoms with Gasteiger partial charge in [-0.25, -0.2) is 4.79 Å². The Morgan fingerprint density at radius 3 is 2.68 bits per heavy atom. The third-order valence-corrected chi connectivity index (χ3v) is 5.14. The Labute approximate surface area is 170 Å². The van der Waals surface area contributed by atoms with E-state index < -0.39 is 17.7 Å². The van der Waals surface area contributed by atoms with E-state index in [9.17, 15) is 14.4 Å². The minimum atomic E-state index is -0.601. The Morgan fingerprint density at radius 2 is 1.96 bits per heavy atom. The number of nitrogens with zero attached hydrogens (tertiary/aromatic N) is 1. The van der Waals surface area contributed by atoms with Gasteiger partial charge in [0.2, 0.25) is 0 Å².